The summed E-state index contributed by atoms with van der Waals surface area (Å²) in [5.41, 5.74) is 1.05. The van der Waals surface area contributed by atoms with Gasteiger partial charge in [0.05, 0.1) is 18.1 Å². The Hall–Kier alpha value is -2.05. The van der Waals surface area contributed by atoms with Gasteiger partial charge in [0.1, 0.15) is 5.75 Å². The Morgan fingerprint density at radius 2 is 1.86 bits per heavy atom. The second kappa shape index (κ2) is 6.60. The highest BCUT2D eigenvalue weighted by molar-refractivity contribution is 7.92. The van der Waals surface area contributed by atoms with Gasteiger partial charge in [0, 0.05) is 5.69 Å². The van der Waals surface area contributed by atoms with E-state index in [0.717, 1.165) is 0 Å². The molecule has 0 aromatic heterocycles. The van der Waals surface area contributed by atoms with Gasteiger partial charge in [-0.2, -0.15) is 0 Å². The van der Waals surface area contributed by atoms with Crippen LogP contribution in [0.25, 0.3) is 0 Å². The third-order valence-electron chi connectivity index (χ3n) is 2.81. The Bertz CT molecular complexity index is 696. The third kappa shape index (κ3) is 3.96. The third-order valence-corrected chi connectivity index (χ3v) is 4.20. The summed E-state index contributed by atoms with van der Waals surface area (Å²) >= 11 is 0. The molecule has 0 radical (unpaired) electrons. The lowest BCUT2D eigenvalue weighted by Crippen LogP contribution is -2.13. The van der Waals surface area contributed by atoms with Gasteiger partial charge in [0.2, 0.25) is 0 Å². The Morgan fingerprint density at radius 1 is 1.14 bits per heavy atom. The monoisotopic (exact) mass is 307 g/mol. The summed E-state index contributed by atoms with van der Waals surface area (Å²) in [6.07, 6.45) is 0. The van der Waals surface area contributed by atoms with Crippen LogP contribution >= 0.6 is 0 Å². The fraction of sp³-hybridized carbons (Fsp3) is 0.200. The molecule has 2 N–H and O–H groups in total. The average molecular weight is 307 g/mol. The van der Waals surface area contributed by atoms with Gasteiger partial charge in [0.15, 0.2) is 0 Å². The minimum Gasteiger partial charge on any atom is -0.494 e. The topological polar surface area (TPSA) is 75.6 Å². The van der Waals surface area contributed by atoms with Crippen LogP contribution in [-0.4, -0.2) is 20.1 Å². The van der Waals surface area contributed by atoms with Crippen LogP contribution in [-0.2, 0) is 16.6 Å². The maximum absolute atomic E-state index is 12.3. The Morgan fingerprint density at radius 3 is 2.48 bits per heavy atom. The highest BCUT2D eigenvalue weighted by Gasteiger charge is 2.14. The van der Waals surface area contributed by atoms with Crippen LogP contribution in [0, 0.1) is 0 Å². The Balaban J connectivity index is 2.21. The molecule has 2 aromatic rings. The van der Waals surface area contributed by atoms with Gasteiger partial charge < -0.3 is 9.84 Å². The molecule has 2 aromatic carbocycles. The molecule has 0 atom stereocenters. The fourth-order valence-corrected chi connectivity index (χ4v) is 2.88. The largest absolute Gasteiger partial charge is 0.494 e. The van der Waals surface area contributed by atoms with Crippen molar-refractivity contribution in [2.75, 3.05) is 11.3 Å². The van der Waals surface area contributed by atoms with Crippen molar-refractivity contribution >= 4 is 15.7 Å². The number of ether oxygens (including phenoxy) is 1. The van der Waals surface area contributed by atoms with Crippen LogP contribution in [0.15, 0.2) is 53.4 Å². The Kier molecular flexibility index (Phi) is 4.82. The summed E-state index contributed by atoms with van der Waals surface area (Å²) in [5.74, 6) is 0.624. The van der Waals surface area contributed by atoms with Crippen LogP contribution in [0.2, 0.25) is 0 Å². The van der Waals surface area contributed by atoms with Gasteiger partial charge in [-0.1, -0.05) is 12.1 Å². The molecule has 0 aliphatic carbocycles. The number of hydrogen-bond acceptors (Lipinski definition) is 4. The predicted octanol–water partition coefficient (Wildman–Crippen LogP) is 2.38. The summed E-state index contributed by atoms with van der Waals surface area (Å²) in [5, 5.41) is 9.07. The maximum Gasteiger partial charge on any atom is 0.261 e. The summed E-state index contributed by atoms with van der Waals surface area (Å²) in [4.78, 5) is 0.153. The zero-order valence-corrected chi connectivity index (χ0v) is 12.4. The van der Waals surface area contributed by atoms with E-state index in [9.17, 15) is 8.42 Å². The number of sulfonamides is 1. The second-order valence-electron chi connectivity index (χ2n) is 4.37. The van der Waals surface area contributed by atoms with Gasteiger partial charge in [-0.15, -0.1) is 0 Å². The number of aliphatic hydroxyl groups is 1. The van der Waals surface area contributed by atoms with E-state index in [0.29, 0.717) is 23.6 Å². The van der Waals surface area contributed by atoms with E-state index in [4.69, 9.17) is 9.84 Å². The van der Waals surface area contributed by atoms with E-state index < -0.39 is 10.0 Å². The van der Waals surface area contributed by atoms with E-state index in [1.807, 2.05) is 6.92 Å². The fourth-order valence-electron chi connectivity index (χ4n) is 1.83. The van der Waals surface area contributed by atoms with Crippen LogP contribution in [0.3, 0.4) is 0 Å². The lowest BCUT2D eigenvalue weighted by molar-refractivity contribution is 0.282. The zero-order chi connectivity index (χ0) is 15.3. The number of aliphatic hydroxyl groups excluding tert-OH is 1. The zero-order valence-electron chi connectivity index (χ0n) is 11.6. The molecule has 0 aliphatic rings. The minimum absolute atomic E-state index is 0.140. The lowest BCUT2D eigenvalue weighted by Gasteiger charge is -2.10. The molecule has 0 fully saturated rings. The van der Waals surface area contributed by atoms with E-state index in [1.165, 1.54) is 12.1 Å². The molecule has 0 amide bonds. The normalized spacial score (nSPS) is 11.1. The van der Waals surface area contributed by atoms with Crippen LogP contribution in [0.1, 0.15) is 12.5 Å². The smallest absolute Gasteiger partial charge is 0.261 e. The first-order valence-corrected chi connectivity index (χ1v) is 7.99. The highest BCUT2D eigenvalue weighted by atomic mass is 32.2. The van der Waals surface area contributed by atoms with Crippen molar-refractivity contribution in [3.63, 3.8) is 0 Å². The van der Waals surface area contributed by atoms with Gasteiger partial charge in [-0.25, -0.2) is 8.42 Å². The van der Waals surface area contributed by atoms with Crippen molar-refractivity contribution in [3.05, 3.63) is 54.1 Å². The van der Waals surface area contributed by atoms with Crippen molar-refractivity contribution < 1.29 is 18.3 Å². The number of hydrogen-bond donors (Lipinski definition) is 2. The van der Waals surface area contributed by atoms with Crippen molar-refractivity contribution in [2.24, 2.45) is 0 Å². The average Bonchev–Trinajstić information content (AvgIpc) is 2.48. The summed E-state index contributed by atoms with van der Waals surface area (Å²) in [6, 6.07) is 12.8. The number of anilines is 1. The van der Waals surface area contributed by atoms with E-state index >= 15 is 0 Å². The molecule has 0 saturated carbocycles. The molecule has 112 valence electrons. The Labute approximate surface area is 124 Å². The maximum atomic E-state index is 12.3. The van der Waals surface area contributed by atoms with E-state index in [1.54, 1.807) is 36.4 Å². The molecule has 0 aliphatic heterocycles. The highest BCUT2D eigenvalue weighted by Crippen LogP contribution is 2.20. The van der Waals surface area contributed by atoms with Crippen LogP contribution < -0.4 is 9.46 Å². The van der Waals surface area contributed by atoms with Crippen molar-refractivity contribution in [2.45, 2.75) is 18.4 Å². The van der Waals surface area contributed by atoms with Crippen molar-refractivity contribution in [1.29, 1.82) is 0 Å². The summed E-state index contributed by atoms with van der Waals surface area (Å²) in [7, 11) is -3.66. The molecule has 2 rings (SSSR count). The molecule has 21 heavy (non-hydrogen) atoms. The van der Waals surface area contributed by atoms with E-state index in [2.05, 4.69) is 4.72 Å². The summed E-state index contributed by atoms with van der Waals surface area (Å²) < 4.78 is 32.3. The molecular formula is C15H17NO4S. The minimum atomic E-state index is -3.66. The molecule has 0 unspecified atom stereocenters. The van der Waals surface area contributed by atoms with Gasteiger partial charge in [0.25, 0.3) is 10.0 Å². The van der Waals surface area contributed by atoms with Crippen molar-refractivity contribution in [3.8, 4) is 5.75 Å². The molecule has 5 nitrogen and oxygen atoms in total. The lowest BCUT2D eigenvalue weighted by atomic mass is 10.2. The van der Waals surface area contributed by atoms with Crippen LogP contribution in [0.5, 0.6) is 5.75 Å². The van der Waals surface area contributed by atoms with Crippen molar-refractivity contribution in [1.82, 2.24) is 0 Å². The molecule has 6 heteroatoms. The number of nitrogens with one attached hydrogen (secondary N) is 1. The predicted molar refractivity (Wildman–Crippen MR) is 80.8 cm³/mol. The van der Waals surface area contributed by atoms with Gasteiger partial charge >= 0.3 is 0 Å². The van der Waals surface area contributed by atoms with Gasteiger partial charge in [-0.3, -0.25) is 4.72 Å². The SMILES string of the molecule is CCOc1ccc(S(=O)(=O)Nc2cccc(CO)c2)cc1. The number of benzene rings is 2. The molecule has 0 spiro atoms. The first kappa shape index (κ1) is 15.3. The molecular weight excluding hydrogens is 290 g/mol. The van der Waals surface area contributed by atoms with E-state index in [-0.39, 0.29) is 11.5 Å². The number of rotatable bonds is 6. The molecule has 0 bridgehead atoms. The first-order chi connectivity index (χ1) is 10.0. The van der Waals surface area contributed by atoms with Crippen LogP contribution in [0.4, 0.5) is 5.69 Å². The quantitative estimate of drug-likeness (QED) is 0.859. The van der Waals surface area contributed by atoms with Gasteiger partial charge in [-0.05, 0) is 48.9 Å². The summed E-state index contributed by atoms with van der Waals surface area (Å²) in [6.45, 7) is 2.25. The first-order valence-electron chi connectivity index (χ1n) is 6.50. The standard InChI is InChI=1S/C15H17NO4S/c1-2-20-14-6-8-15(9-7-14)21(18,19)16-13-5-3-4-12(10-13)11-17/h3-10,16-17H,2,11H2,1H3. The molecule has 0 heterocycles. The molecule has 0 saturated heterocycles. The second-order valence-corrected chi connectivity index (χ2v) is 6.05.